The highest BCUT2D eigenvalue weighted by Crippen LogP contribution is 2.20. The number of hydrogen-bond donors (Lipinski definition) is 0. The molecule has 16 heavy (non-hydrogen) atoms. The zero-order valence-corrected chi connectivity index (χ0v) is 9.29. The third kappa shape index (κ3) is 1.30. The summed E-state index contributed by atoms with van der Waals surface area (Å²) in [6.45, 7) is 0. The van der Waals surface area contributed by atoms with E-state index in [0.29, 0.717) is 0 Å². The van der Waals surface area contributed by atoms with Crippen LogP contribution in [-0.2, 0) is 17.3 Å². The minimum atomic E-state index is 1.02. The monoisotopic (exact) mass is 209 g/mol. The Labute approximate surface area is 94.4 Å². The normalized spacial score (nSPS) is 15.1. The van der Waals surface area contributed by atoms with Crippen LogP contribution in [0.4, 0.5) is 0 Å². The van der Waals surface area contributed by atoms with Crippen LogP contribution in [0.3, 0.4) is 0 Å². The van der Waals surface area contributed by atoms with E-state index in [1.807, 2.05) is 0 Å². The Morgan fingerprint density at radius 1 is 1.19 bits per heavy atom. The van der Waals surface area contributed by atoms with E-state index < -0.39 is 0 Å². The van der Waals surface area contributed by atoms with Crippen molar-refractivity contribution in [3.63, 3.8) is 0 Å². The third-order valence-corrected chi connectivity index (χ3v) is 3.18. The van der Waals surface area contributed by atoms with Gasteiger partial charge in [-0.15, -0.1) is 0 Å². The molecule has 0 atom stereocenters. The predicted molar refractivity (Wildman–Crippen MR) is 66.5 cm³/mol. The van der Waals surface area contributed by atoms with Gasteiger partial charge in [0.2, 0.25) is 0 Å². The maximum absolute atomic E-state index is 5.04. The van der Waals surface area contributed by atoms with E-state index >= 15 is 0 Å². The molecule has 0 bridgehead atoms. The molecular formula is C15H13O+. The first-order valence-corrected chi connectivity index (χ1v) is 5.54. The second-order valence-corrected chi connectivity index (χ2v) is 4.10. The number of fused-ring (bicyclic) bond motifs is 3. The molecule has 0 aromatic heterocycles. The van der Waals surface area contributed by atoms with Crippen LogP contribution in [-0.4, -0.2) is 13.1 Å². The van der Waals surface area contributed by atoms with Gasteiger partial charge in [-0.25, -0.2) is 4.42 Å². The summed E-state index contributed by atoms with van der Waals surface area (Å²) in [5.74, 6) is 2.97. The van der Waals surface area contributed by atoms with Gasteiger partial charge in [0, 0.05) is 5.22 Å². The van der Waals surface area contributed by atoms with Crippen LogP contribution < -0.4 is 10.4 Å². The van der Waals surface area contributed by atoms with Crippen molar-refractivity contribution in [1.29, 1.82) is 0 Å². The number of benzene rings is 1. The highest BCUT2D eigenvalue weighted by Gasteiger charge is 2.13. The molecule has 0 aliphatic heterocycles. The van der Waals surface area contributed by atoms with Crippen molar-refractivity contribution >= 4 is 18.1 Å². The van der Waals surface area contributed by atoms with Crippen molar-refractivity contribution in [2.45, 2.75) is 12.8 Å². The summed E-state index contributed by atoms with van der Waals surface area (Å²) in [6.07, 6.45) is 13.0. The van der Waals surface area contributed by atoms with Crippen molar-refractivity contribution in [2.75, 3.05) is 7.11 Å². The lowest BCUT2D eigenvalue weighted by atomic mass is 9.94. The molecule has 0 heterocycles. The van der Waals surface area contributed by atoms with Crippen molar-refractivity contribution in [1.82, 2.24) is 0 Å². The molecule has 78 valence electrons. The van der Waals surface area contributed by atoms with E-state index in [0.717, 1.165) is 18.1 Å². The van der Waals surface area contributed by atoms with Gasteiger partial charge < -0.3 is 0 Å². The molecule has 1 aromatic carbocycles. The summed E-state index contributed by atoms with van der Waals surface area (Å²) in [5, 5.41) is 2.33. The van der Waals surface area contributed by atoms with E-state index in [1.165, 1.54) is 21.9 Å². The smallest absolute Gasteiger partial charge is 0.207 e. The topological polar surface area (TPSA) is 11.3 Å². The molecule has 0 amide bonds. The minimum absolute atomic E-state index is 1.02. The number of carbonyl (C=O) groups excluding carboxylic acids is 1. The van der Waals surface area contributed by atoms with Gasteiger partial charge >= 0.3 is 5.94 Å². The van der Waals surface area contributed by atoms with Crippen molar-refractivity contribution in [2.24, 2.45) is 0 Å². The fraction of sp³-hybridized carbons (Fsp3) is 0.200. The summed E-state index contributed by atoms with van der Waals surface area (Å²) < 4.78 is 5.04. The minimum Gasteiger partial charge on any atom is -0.207 e. The summed E-state index contributed by atoms with van der Waals surface area (Å²) in [5.41, 5.74) is 4.23. The van der Waals surface area contributed by atoms with Crippen LogP contribution in [0.2, 0.25) is 0 Å². The van der Waals surface area contributed by atoms with Crippen LogP contribution in [0, 0.1) is 0 Å². The summed E-state index contributed by atoms with van der Waals surface area (Å²) in [4.78, 5) is 0. The molecular weight excluding hydrogens is 196 g/mol. The molecule has 0 fully saturated rings. The number of hydrogen-bond acceptors (Lipinski definition) is 0. The molecule has 3 rings (SSSR count). The largest absolute Gasteiger partial charge is 0.352 e. The number of allylic oxidation sites excluding steroid dienone is 3. The Balaban J connectivity index is 2.50. The van der Waals surface area contributed by atoms with Crippen molar-refractivity contribution in [3.05, 3.63) is 51.4 Å². The quantitative estimate of drug-likeness (QED) is 0.560. The van der Waals surface area contributed by atoms with E-state index in [-0.39, 0.29) is 0 Å². The SMILES string of the molecule is C[O+]=C=c1cc2c(c3c1=CC=CC3)CC=C2. The molecule has 2 aliphatic rings. The molecule has 0 radical (unpaired) electrons. The summed E-state index contributed by atoms with van der Waals surface area (Å²) in [7, 11) is 1.65. The van der Waals surface area contributed by atoms with E-state index in [9.17, 15) is 0 Å². The lowest BCUT2D eigenvalue weighted by Gasteiger charge is -2.09. The molecule has 1 aromatic rings. The van der Waals surface area contributed by atoms with Gasteiger partial charge in [-0.2, -0.15) is 0 Å². The fourth-order valence-electron chi connectivity index (χ4n) is 2.48. The van der Waals surface area contributed by atoms with E-state index in [4.69, 9.17) is 4.42 Å². The van der Waals surface area contributed by atoms with E-state index in [1.54, 1.807) is 7.11 Å². The zero-order chi connectivity index (χ0) is 11.0. The fourth-order valence-corrected chi connectivity index (χ4v) is 2.48. The second-order valence-electron chi connectivity index (χ2n) is 4.10. The Morgan fingerprint density at radius 2 is 2.06 bits per heavy atom. The van der Waals surface area contributed by atoms with Crippen LogP contribution in [0.25, 0.3) is 12.2 Å². The van der Waals surface area contributed by atoms with Gasteiger partial charge in [0.25, 0.3) is 7.11 Å². The van der Waals surface area contributed by atoms with Crippen LogP contribution in [0.15, 0.2) is 24.3 Å². The highest BCUT2D eigenvalue weighted by atomic mass is 16.3. The molecule has 2 aliphatic carbocycles. The van der Waals surface area contributed by atoms with Crippen LogP contribution >= 0.6 is 0 Å². The Kier molecular flexibility index (Phi) is 2.12. The Morgan fingerprint density at radius 3 is 2.94 bits per heavy atom. The van der Waals surface area contributed by atoms with Crippen molar-refractivity contribution < 1.29 is 4.42 Å². The Bertz CT molecular complexity index is 654. The summed E-state index contributed by atoms with van der Waals surface area (Å²) >= 11 is 0. The maximum Gasteiger partial charge on any atom is 0.352 e. The molecule has 0 saturated heterocycles. The molecule has 0 N–H and O–H groups in total. The lowest BCUT2D eigenvalue weighted by molar-refractivity contribution is 0.188. The first kappa shape index (κ1) is 9.38. The van der Waals surface area contributed by atoms with Gasteiger partial charge in [-0.3, -0.25) is 0 Å². The summed E-state index contributed by atoms with van der Waals surface area (Å²) in [6, 6.07) is 2.16. The van der Waals surface area contributed by atoms with Crippen molar-refractivity contribution in [3.8, 4) is 0 Å². The van der Waals surface area contributed by atoms with Gasteiger partial charge in [-0.05, 0) is 35.6 Å². The average Bonchev–Trinajstić information content (AvgIpc) is 2.78. The van der Waals surface area contributed by atoms with E-state index in [2.05, 4.69) is 42.4 Å². The van der Waals surface area contributed by atoms with Gasteiger partial charge in [0.1, 0.15) is 5.22 Å². The van der Waals surface area contributed by atoms with Gasteiger partial charge in [-0.1, -0.05) is 30.4 Å². The van der Waals surface area contributed by atoms with Crippen LogP contribution in [0.5, 0.6) is 0 Å². The second kappa shape index (κ2) is 3.62. The maximum atomic E-state index is 5.04. The molecule has 1 heteroatoms. The molecule has 1 nitrogen and oxygen atoms in total. The predicted octanol–water partition coefficient (Wildman–Crippen LogP) is 0.817. The highest BCUT2D eigenvalue weighted by molar-refractivity contribution is 5.67. The standard InChI is InChI=1S/C15H13O/c1-16-10-12-9-11-5-4-8-13(11)15-7-3-2-6-14(12)15/h2-6,9H,7-8H2,1H3/q+1. The molecule has 0 unspecified atom stereocenters. The lowest BCUT2D eigenvalue weighted by Crippen LogP contribution is -2.32. The Hall–Kier alpha value is -1.85. The molecule has 0 spiro atoms. The number of rotatable bonds is 0. The van der Waals surface area contributed by atoms with Gasteiger partial charge in [0.05, 0.1) is 0 Å². The third-order valence-electron chi connectivity index (χ3n) is 3.18. The van der Waals surface area contributed by atoms with Crippen LogP contribution in [0.1, 0.15) is 16.7 Å². The average molecular weight is 209 g/mol. The first-order chi connectivity index (χ1) is 7.90. The molecule has 0 saturated carbocycles. The zero-order valence-electron chi connectivity index (χ0n) is 9.29. The first-order valence-electron chi connectivity index (χ1n) is 5.54. The van der Waals surface area contributed by atoms with Gasteiger partial charge in [0.15, 0.2) is 0 Å².